The number of rotatable bonds is 20. The number of benzene rings is 2. The zero-order valence-electron chi connectivity index (χ0n) is 63.4. The number of nitrogens with zero attached hydrogens (tertiary/aromatic N) is 17. The number of hydrogen-bond donors (Lipinski definition) is 3. The molecule has 0 saturated heterocycles. The predicted octanol–water partition coefficient (Wildman–Crippen LogP) is 18.6. The van der Waals surface area contributed by atoms with E-state index in [9.17, 15) is 19.5 Å². The van der Waals surface area contributed by atoms with Crippen LogP contribution in [-0.2, 0) is 33.5 Å². The molecule has 574 valence electrons. The molecule has 0 unspecified atom stereocenters. The van der Waals surface area contributed by atoms with E-state index in [0.29, 0.717) is 87.0 Å². The maximum Gasteiger partial charge on any atom is 0.341 e. The third-order valence-corrected chi connectivity index (χ3v) is 21.3. The summed E-state index contributed by atoms with van der Waals surface area (Å²) in [6.07, 6.45) is 27.7. The Labute approximate surface area is 667 Å². The second kappa shape index (κ2) is 34.1. The van der Waals surface area contributed by atoms with E-state index in [0.717, 1.165) is 110 Å². The van der Waals surface area contributed by atoms with Crippen LogP contribution < -0.4 is 20.9 Å². The summed E-state index contributed by atoms with van der Waals surface area (Å²) in [6.45, 7) is 13.9. The van der Waals surface area contributed by atoms with E-state index in [1.54, 1.807) is 44.5 Å². The van der Waals surface area contributed by atoms with Crippen LogP contribution in [0.4, 0.5) is 17.5 Å². The Morgan fingerprint density at radius 2 is 0.836 bits per heavy atom. The third kappa shape index (κ3) is 16.6. The van der Waals surface area contributed by atoms with E-state index in [-0.39, 0.29) is 68.8 Å². The number of hydrogen-bond acceptors (Lipinski definition) is 16. The number of carbonyl (C=O) groups is 3. The van der Waals surface area contributed by atoms with Gasteiger partial charge in [0.1, 0.15) is 40.0 Å². The number of carbonyl (C=O) groups excluding carboxylic acids is 2. The summed E-state index contributed by atoms with van der Waals surface area (Å²) in [6, 6.07) is 33.2. The van der Waals surface area contributed by atoms with E-state index in [1.807, 2.05) is 117 Å². The van der Waals surface area contributed by atoms with Gasteiger partial charge in [-0.15, -0.1) is 0 Å². The molecule has 2 aromatic carbocycles. The maximum atomic E-state index is 13.4. The van der Waals surface area contributed by atoms with Gasteiger partial charge in [-0.25, -0.2) is 34.7 Å². The first-order valence-electron chi connectivity index (χ1n) is 37.0. The number of aromatic carboxylic acids is 1. The Balaban J connectivity index is 0.000000148. The topological polar surface area (TPSA) is 260 Å². The van der Waals surface area contributed by atoms with Crippen LogP contribution in [0.1, 0.15) is 172 Å². The molecule has 3 fully saturated rings. The van der Waals surface area contributed by atoms with Crippen LogP contribution >= 0.6 is 34.8 Å². The number of nitrogens with one attached hydrogen (secondary N) is 1. The molecule has 23 nitrogen and oxygen atoms in total. The van der Waals surface area contributed by atoms with Gasteiger partial charge < -0.3 is 47.1 Å². The molecule has 3 aliphatic rings. The molecule has 14 aromatic rings. The average Bonchev–Trinajstić information content (AvgIpc) is 1.61. The van der Waals surface area contributed by atoms with Crippen molar-refractivity contribution in [3.63, 3.8) is 0 Å². The monoisotopic (exact) mass is 1630 g/mol. The van der Waals surface area contributed by atoms with Gasteiger partial charge >= 0.3 is 5.97 Å². The Morgan fingerprint density at radius 1 is 0.500 bits per heavy atom. The minimum atomic E-state index is -1.08. The summed E-state index contributed by atoms with van der Waals surface area (Å²) in [5, 5.41) is 30.7. The first-order valence-corrected chi connectivity index (χ1v) is 38.1. The van der Waals surface area contributed by atoms with E-state index < -0.39 is 5.97 Å². The summed E-state index contributed by atoms with van der Waals surface area (Å²) < 4.78 is 11.4. The van der Waals surface area contributed by atoms with Gasteiger partial charge in [-0.05, 0) is 95.5 Å². The zero-order chi connectivity index (χ0) is 75.8. The second-order valence-corrected chi connectivity index (χ2v) is 30.7. The molecule has 0 bridgehead atoms. The van der Waals surface area contributed by atoms with E-state index >= 15 is 0 Å². The molecule has 0 aliphatic heterocycles. The quantitative estimate of drug-likeness (QED) is 0.0364. The minimum absolute atomic E-state index is 0. The van der Waals surface area contributed by atoms with Crippen molar-refractivity contribution in [2.24, 2.45) is 17.6 Å². The van der Waals surface area contributed by atoms with Crippen molar-refractivity contribution in [3.05, 3.63) is 203 Å². The zero-order valence-corrected chi connectivity index (χ0v) is 67.2. The molecule has 0 spiro atoms. The van der Waals surface area contributed by atoms with E-state index in [4.69, 9.17) is 55.5 Å². The van der Waals surface area contributed by atoms with Crippen LogP contribution in [0, 0.1) is 19.3 Å². The molecule has 0 radical (unpaired) electrons. The number of aromatic nitrogens is 15. The fourth-order valence-corrected chi connectivity index (χ4v) is 14.6. The van der Waals surface area contributed by atoms with Crippen molar-refractivity contribution in [1.82, 2.24) is 72.4 Å². The van der Waals surface area contributed by atoms with Crippen LogP contribution in [0.25, 0.3) is 83.8 Å². The predicted molar refractivity (Wildman–Crippen MR) is 436 cm³/mol. The molecule has 110 heavy (non-hydrogen) atoms. The van der Waals surface area contributed by atoms with Crippen LogP contribution in [0.15, 0.2) is 153 Å². The molecule has 4 N–H and O–H groups in total. The van der Waals surface area contributed by atoms with Crippen molar-refractivity contribution < 1.29 is 39.9 Å². The molecule has 12 aromatic heterocycles. The van der Waals surface area contributed by atoms with Gasteiger partial charge in [-0.2, -0.15) is 28.8 Å². The first-order chi connectivity index (χ1) is 52.1. The molecule has 27 heteroatoms. The van der Waals surface area contributed by atoms with E-state index in [1.165, 1.54) is 43.9 Å². The average molecular weight is 1630 g/mol. The standard InChI is InChI=1S/C30H31ClN6O.C25H23ClN6O2.C23H25ClN6O.C4H9N.CH3.Pd/c1-19(2)36-18-25(23-13-22(31)15-32-29(23)36)26-14-28(35(3)17-21-8-5-4-6-9-21)37-30(34-26)24(16-33-37)27(38)12-20-10-7-11-20;1-15(2)31-14-20(18-9-17(26)11-27-23(18)31)21-10-22(30(3)13-16-7-5-4-6-8-16)32-24(29-21)19(12-28-32)25(33)34;1-13(2)29-12-18(16-8-15(24)10-26-22(16)29)19-9-21(25-3)30-23(28-19)17(11-27-30)20(31)7-14-5-4-6-14;5-4-2-1-3-4;;/h4-6,8-9,13-16,18-20H,7,10-12,17H2,1-3H3;4-12,14-15H,13H2,1-3H3,(H,33,34);8-14,25H,4-7H2,1-3H3;4H,1-3,5H2;1H3;/q;;;;-1;. The SMILES string of the molecule is CC(C)n1cc(-c2cc(N(C)Cc3ccccc3)n3ncc(C(=O)CC4CCC4)c3n2)c2cc(Cl)cnc21.CC(C)n1cc(-c2cc(N(C)Cc3ccccc3)n3ncc(C(=O)O)c3n2)c2cc(Cl)cnc21.CNc1cc(-c2cn(C(C)C)c3ncc(Cl)cc23)nc2c(C(=O)CC3CCC3)cnn12.NC1CCC1.[CH3-].[Pd]. The van der Waals surface area contributed by atoms with Crippen LogP contribution in [0.5, 0.6) is 0 Å². The molecular weight excluding hydrogens is 1540 g/mol. The molecule has 0 atom stereocenters. The van der Waals surface area contributed by atoms with Crippen molar-refractivity contribution in [3.8, 4) is 33.8 Å². The molecule has 12 heterocycles. The number of Topliss-reactive ketones (excluding diaryl/α,β-unsaturated/α-hetero) is 2. The van der Waals surface area contributed by atoms with Crippen molar-refractivity contribution in [2.45, 2.75) is 149 Å². The number of carboxylic acids is 1. The number of pyridine rings is 3. The number of fused-ring (bicyclic) bond motifs is 6. The van der Waals surface area contributed by atoms with Gasteiger partial charge in [0, 0.05) is 180 Å². The maximum absolute atomic E-state index is 13.4. The summed E-state index contributed by atoms with van der Waals surface area (Å²) in [4.78, 5) is 70.8. The normalized spacial score (nSPS) is 13.6. The molecule has 3 saturated carbocycles. The van der Waals surface area contributed by atoms with Crippen LogP contribution in [0.2, 0.25) is 15.1 Å². The summed E-state index contributed by atoms with van der Waals surface area (Å²) in [5.74, 6) is 2.45. The largest absolute Gasteiger partial charge is 0.477 e. The number of ketones is 2. The number of carboxylic acid groups (broad SMARTS) is 1. The smallest absolute Gasteiger partial charge is 0.341 e. The van der Waals surface area contributed by atoms with Crippen LogP contribution in [-0.4, -0.2) is 122 Å². The molecular formula is C83H91Cl3N19O4Pd-. The Bertz CT molecular complexity index is 5660. The third-order valence-electron chi connectivity index (χ3n) is 20.7. The fourth-order valence-electron chi connectivity index (χ4n) is 14.1. The van der Waals surface area contributed by atoms with Gasteiger partial charge in [0.05, 0.1) is 61.9 Å². The molecule has 17 rings (SSSR count). The summed E-state index contributed by atoms with van der Waals surface area (Å²) >= 11 is 19.0. The number of halogens is 3. The Hall–Kier alpha value is -9.93. The Morgan fingerprint density at radius 3 is 1.16 bits per heavy atom. The van der Waals surface area contributed by atoms with Crippen molar-refractivity contribution in [1.29, 1.82) is 0 Å². The van der Waals surface area contributed by atoms with Gasteiger partial charge in [-0.1, -0.05) is 140 Å². The van der Waals surface area contributed by atoms with Gasteiger partial charge in [0.25, 0.3) is 0 Å². The van der Waals surface area contributed by atoms with E-state index in [2.05, 4.69) is 120 Å². The van der Waals surface area contributed by atoms with Gasteiger partial charge in [-0.3, -0.25) is 9.59 Å². The molecule has 0 amide bonds. The summed E-state index contributed by atoms with van der Waals surface area (Å²) in [7, 11) is 5.83. The van der Waals surface area contributed by atoms with Crippen molar-refractivity contribution >= 4 is 120 Å². The number of nitrogens with two attached hydrogens (primary N) is 1. The molecule has 3 aliphatic carbocycles. The second-order valence-electron chi connectivity index (χ2n) is 29.4. The van der Waals surface area contributed by atoms with Crippen LogP contribution in [0.3, 0.4) is 0 Å². The Kier molecular flexibility index (Phi) is 24.7. The van der Waals surface area contributed by atoms with Gasteiger partial charge in [0.15, 0.2) is 28.5 Å². The fraction of sp³-hybridized carbons (Fsp3) is 0.337. The van der Waals surface area contributed by atoms with Gasteiger partial charge in [0.2, 0.25) is 0 Å². The first kappa shape index (κ1) is 79.6. The minimum Gasteiger partial charge on any atom is -0.477 e. The summed E-state index contributed by atoms with van der Waals surface area (Å²) in [5.41, 5.74) is 17.7. The number of anilines is 3. The van der Waals surface area contributed by atoms with Crippen molar-refractivity contribution in [2.75, 3.05) is 36.3 Å².